The standard InChI is InChI=1S/C13H12O8/c1-7(2-11(16)17)13(19)20-6-12(18)21-10-4-8(14)3-9(15)5-10/h2-5,14-15H,6H2,1H3,(H,16,17)/b7-2+. The molecular formula is C13H12O8. The van der Waals surface area contributed by atoms with E-state index in [9.17, 15) is 24.6 Å². The van der Waals surface area contributed by atoms with Gasteiger partial charge in [-0.3, -0.25) is 0 Å². The van der Waals surface area contributed by atoms with E-state index in [-0.39, 0.29) is 22.8 Å². The molecule has 8 heteroatoms. The van der Waals surface area contributed by atoms with Crippen molar-refractivity contribution in [2.75, 3.05) is 6.61 Å². The zero-order valence-corrected chi connectivity index (χ0v) is 10.9. The Kier molecular flexibility index (Phi) is 5.30. The average Bonchev–Trinajstić information content (AvgIpc) is 2.33. The second kappa shape index (κ2) is 6.94. The number of carboxylic acid groups (broad SMARTS) is 1. The molecule has 0 saturated heterocycles. The number of rotatable bonds is 5. The SMILES string of the molecule is C/C(=C\C(=O)O)C(=O)OCC(=O)Oc1cc(O)cc(O)c1. The molecule has 0 radical (unpaired) electrons. The molecule has 0 spiro atoms. The summed E-state index contributed by atoms with van der Waals surface area (Å²) in [5, 5.41) is 26.8. The highest BCUT2D eigenvalue weighted by Gasteiger charge is 2.13. The van der Waals surface area contributed by atoms with E-state index < -0.39 is 24.5 Å². The summed E-state index contributed by atoms with van der Waals surface area (Å²) in [6, 6.07) is 3.20. The monoisotopic (exact) mass is 296 g/mol. The van der Waals surface area contributed by atoms with Crippen molar-refractivity contribution in [1.29, 1.82) is 0 Å². The lowest BCUT2D eigenvalue weighted by atomic mass is 10.3. The highest BCUT2D eigenvalue weighted by atomic mass is 16.6. The van der Waals surface area contributed by atoms with Crippen molar-refractivity contribution in [3.8, 4) is 17.2 Å². The molecule has 0 heterocycles. The number of esters is 2. The molecule has 0 aliphatic rings. The van der Waals surface area contributed by atoms with Gasteiger partial charge in [-0.1, -0.05) is 0 Å². The summed E-state index contributed by atoms with van der Waals surface area (Å²) >= 11 is 0. The van der Waals surface area contributed by atoms with Gasteiger partial charge < -0.3 is 24.8 Å². The van der Waals surface area contributed by atoms with Crippen molar-refractivity contribution in [3.63, 3.8) is 0 Å². The van der Waals surface area contributed by atoms with E-state index in [0.717, 1.165) is 18.2 Å². The van der Waals surface area contributed by atoms with E-state index in [0.29, 0.717) is 6.08 Å². The Hall–Kier alpha value is -3.03. The zero-order chi connectivity index (χ0) is 16.0. The first-order chi connectivity index (χ1) is 9.77. The third-order valence-electron chi connectivity index (χ3n) is 2.09. The number of ether oxygens (including phenoxy) is 2. The Balaban J connectivity index is 2.55. The van der Waals surface area contributed by atoms with Gasteiger partial charge in [0.25, 0.3) is 0 Å². The number of phenolic OH excluding ortho intramolecular Hbond substituents is 2. The van der Waals surface area contributed by atoms with Crippen LogP contribution < -0.4 is 4.74 Å². The molecule has 1 aromatic rings. The summed E-state index contributed by atoms with van der Waals surface area (Å²) in [6.07, 6.45) is 0.640. The Bertz CT molecular complexity index is 582. The summed E-state index contributed by atoms with van der Waals surface area (Å²) in [4.78, 5) is 33.0. The van der Waals surface area contributed by atoms with Crippen LogP contribution >= 0.6 is 0 Å². The number of aliphatic carboxylic acids is 1. The Morgan fingerprint density at radius 3 is 2.24 bits per heavy atom. The summed E-state index contributed by atoms with van der Waals surface area (Å²) in [5.74, 6) is -4.01. The van der Waals surface area contributed by atoms with Crippen molar-refractivity contribution in [2.45, 2.75) is 6.92 Å². The van der Waals surface area contributed by atoms with Crippen LogP contribution in [0, 0.1) is 0 Å². The summed E-state index contributed by atoms with van der Waals surface area (Å²) in [5.41, 5.74) is -0.190. The Labute approximate surface area is 118 Å². The molecule has 8 nitrogen and oxygen atoms in total. The van der Waals surface area contributed by atoms with Crippen LogP contribution in [-0.4, -0.2) is 39.8 Å². The molecule has 1 rings (SSSR count). The van der Waals surface area contributed by atoms with Gasteiger partial charge in [-0.2, -0.15) is 0 Å². The van der Waals surface area contributed by atoms with Crippen LogP contribution in [0.3, 0.4) is 0 Å². The molecule has 0 atom stereocenters. The number of phenols is 2. The molecule has 0 aliphatic heterocycles. The fraction of sp³-hybridized carbons (Fsp3) is 0.154. The van der Waals surface area contributed by atoms with Gasteiger partial charge in [-0.15, -0.1) is 0 Å². The Morgan fingerprint density at radius 1 is 1.14 bits per heavy atom. The number of carbonyl (C=O) groups is 3. The zero-order valence-electron chi connectivity index (χ0n) is 10.9. The van der Waals surface area contributed by atoms with E-state index >= 15 is 0 Å². The van der Waals surface area contributed by atoms with Gasteiger partial charge in [0.1, 0.15) is 17.2 Å². The molecule has 0 bridgehead atoms. The maximum atomic E-state index is 11.4. The van der Waals surface area contributed by atoms with Crippen LogP contribution in [0.15, 0.2) is 29.8 Å². The minimum atomic E-state index is -1.32. The topological polar surface area (TPSA) is 130 Å². The summed E-state index contributed by atoms with van der Waals surface area (Å²) in [7, 11) is 0. The van der Waals surface area contributed by atoms with E-state index in [2.05, 4.69) is 4.74 Å². The minimum absolute atomic E-state index is 0.133. The molecule has 112 valence electrons. The predicted octanol–water partition coefficient (Wildman–Crippen LogP) is 0.577. The second-order valence-corrected chi connectivity index (χ2v) is 3.90. The van der Waals surface area contributed by atoms with Crippen LogP contribution in [0.5, 0.6) is 17.2 Å². The maximum absolute atomic E-state index is 11.4. The smallest absolute Gasteiger partial charge is 0.349 e. The number of benzene rings is 1. The molecule has 3 N–H and O–H groups in total. The molecule has 0 saturated carbocycles. The van der Waals surface area contributed by atoms with E-state index in [1.807, 2.05) is 0 Å². The number of carboxylic acids is 1. The fourth-order valence-electron chi connectivity index (χ4n) is 1.27. The molecule has 1 aromatic carbocycles. The highest BCUT2D eigenvalue weighted by Crippen LogP contribution is 2.25. The van der Waals surface area contributed by atoms with Crippen LogP contribution in [0.4, 0.5) is 0 Å². The molecule has 0 amide bonds. The largest absolute Gasteiger partial charge is 0.508 e. The molecule has 0 unspecified atom stereocenters. The second-order valence-electron chi connectivity index (χ2n) is 3.90. The van der Waals surface area contributed by atoms with Crippen molar-refractivity contribution in [3.05, 3.63) is 29.8 Å². The summed E-state index contributed by atoms with van der Waals surface area (Å²) in [6.45, 7) is 0.467. The highest BCUT2D eigenvalue weighted by molar-refractivity contribution is 5.95. The first kappa shape index (κ1) is 16.0. The predicted molar refractivity (Wildman–Crippen MR) is 67.8 cm³/mol. The molecule has 0 fully saturated rings. The number of aromatic hydroxyl groups is 2. The quantitative estimate of drug-likeness (QED) is 0.408. The van der Waals surface area contributed by atoms with Crippen molar-refractivity contribution >= 4 is 17.9 Å². The lowest BCUT2D eigenvalue weighted by Crippen LogP contribution is -2.19. The van der Waals surface area contributed by atoms with Gasteiger partial charge in [0.2, 0.25) is 0 Å². The third-order valence-corrected chi connectivity index (χ3v) is 2.09. The number of carbonyl (C=O) groups excluding carboxylic acids is 2. The number of hydrogen-bond donors (Lipinski definition) is 3. The first-order valence-corrected chi connectivity index (χ1v) is 5.60. The maximum Gasteiger partial charge on any atom is 0.349 e. The van der Waals surface area contributed by atoms with Gasteiger partial charge in [0, 0.05) is 29.8 Å². The summed E-state index contributed by atoms with van der Waals surface area (Å²) < 4.78 is 9.24. The molecule has 21 heavy (non-hydrogen) atoms. The van der Waals surface area contributed by atoms with Gasteiger partial charge in [-0.05, 0) is 6.92 Å². The van der Waals surface area contributed by atoms with Crippen LogP contribution in [0.1, 0.15) is 6.92 Å². The van der Waals surface area contributed by atoms with Crippen molar-refractivity contribution in [1.82, 2.24) is 0 Å². The minimum Gasteiger partial charge on any atom is -0.508 e. The lowest BCUT2D eigenvalue weighted by Gasteiger charge is -2.06. The molecule has 0 aromatic heterocycles. The van der Waals surface area contributed by atoms with E-state index in [1.165, 1.54) is 6.92 Å². The van der Waals surface area contributed by atoms with Crippen LogP contribution in [0.2, 0.25) is 0 Å². The van der Waals surface area contributed by atoms with Crippen LogP contribution in [0.25, 0.3) is 0 Å². The van der Waals surface area contributed by atoms with Crippen molar-refractivity contribution < 1.29 is 39.2 Å². The fourth-order valence-corrected chi connectivity index (χ4v) is 1.27. The van der Waals surface area contributed by atoms with Gasteiger partial charge >= 0.3 is 17.9 Å². The molecular weight excluding hydrogens is 284 g/mol. The van der Waals surface area contributed by atoms with Gasteiger partial charge in [-0.25, -0.2) is 14.4 Å². The van der Waals surface area contributed by atoms with Gasteiger partial charge in [0.05, 0.1) is 0 Å². The number of hydrogen-bond acceptors (Lipinski definition) is 7. The van der Waals surface area contributed by atoms with E-state index in [4.69, 9.17) is 9.84 Å². The third kappa shape index (κ3) is 5.64. The Morgan fingerprint density at radius 2 is 1.71 bits per heavy atom. The lowest BCUT2D eigenvalue weighted by molar-refractivity contribution is -0.150. The molecule has 0 aliphatic carbocycles. The van der Waals surface area contributed by atoms with Crippen LogP contribution in [-0.2, 0) is 19.1 Å². The van der Waals surface area contributed by atoms with E-state index in [1.54, 1.807) is 0 Å². The average molecular weight is 296 g/mol. The first-order valence-electron chi connectivity index (χ1n) is 5.60. The van der Waals surface area contributed by atoms with Gasteiger partial charge in [0.15, 0.2) is 6.61 Å². The normalized spacial score (nSPS) is 10.8. The van der Waals surface area contributed by atoms with Crippen molar-refractivity contribution in [2.24, 2.45) is 0 Å².